The van der Waals surface area contributed by atoms with Gasteiger partial charge in [0.15, 0.2) is 0 Å². The molecule has 1 rings (SSSR count). The smallest absolute Gasteiger partial charge is 0.360 e. The lowest BCUT2D eigenvalue weighted by atomic mass is 10.1. The topological polar surface area (TPSA) is 21.3 Å². The lowest BCUT2D eigenvalue weighted by molar-refractivity contribution is 0.422. The summed E-state index contributed by atoms with van der Waals surface area (Å²) < 4.78 is 5.08. The van der Waals surface area contributed by atoms with Crippen LogP contribution in [-0.4, -0.2) is 38.5 Å². The van der Waals surface area contributed by atoms with Crippen molar-refractivity contribution in [2.24, 2.45) is 0 Å². The van der Waals surface area contributed by atoms with Gasteiger partial charge in [0.1, 0.15) is 0 Å². The molecule has 0 fully saturated rings. The molecule has 0 saturated heterocycles. The molecule has 94 valence electrons. The maximum Gasteiger partial charge on any atom is 0.360 e. The molecule has 0 aliphatic rings. The van der Waals surface area contributed by atoms with E-state index in [1.807, 2.05) is 23.5 Å². The Morgan fingerprint density at radius 1 is 1.35 bits per heavy atom. The number of nitrogens with one attached hydrogen (secondary N) is 1. The summed E-state index contributed by atoms with van der Waals surface area (Å²) in [6.07, 6.45) is 3.34. The lowest BCUT2D eigenvalue weighted by Crippen LogP contribution is -2.35. The second kappa shape index (κ2) is 9.89. The first-order chi connectivity index (χ1) is 8.36. The molecule has 1 N–H and O–H groups in total. The summed E-state index contributed by atoms with van der Waals surface area (Å²) in [7, 11) is 2.36. The Morgan fingerprint density at radius 3 is 2.76 bits per heavy atom. The van der Waals surface area contributed by atoms with Crippen LogP contribution >= 0.6 is 23.5 Å². The molecule has 0 amide bonds. The molecule has 0 aliphatic heterocycles. The fraction of sp³-hybridized carbons (Fsp3) is 0.500. The molecule has 1 unspecified atom stereocenters. The van der Waals surface area contributed by atoms with Crippen molar-refractivity contribution in [1.29, 1.82) is 0 Å². The molecule has 1 atom stereocenters. The summed E-state index contributed by atoms with van der Waals surface area (Å²) in [5, 5.41) is 3.42. The van der Waals surface area contributed by atoms with E-state index < -0.39 is 0 Å². The van der Waals surface area contributed by atoms with Gasteiger partial charge in [-0.15, -0.1) is 11.8 Å². The third-order valence-corrected chi connectivity index (χ3v) is 4.20. The Bertz CT molecular complexity index is 279. The number of thioether (sulfide) groups is 2. The molecule has 0 radical (unpaired) electrons. The minimum absolute atomic E-state index is 0.521. The summed E-state index contributed by atoms with van der Waals surface area (Å²) in [6, 6.07) is 11.1. The monoisotopic (exact) mass is 269 g/mol. The highest BCUT2D eigenvalue weighted by molar-refractivity contribution is 7.99. The van der Waals surface area contributed by atoms with Gasteiger partial charge in [0.25, 0.3) is 0 Å². The minimum Gasteiger partial charge on any atom is -0.427 e. The predicted molar refractivity (Wildman–Crippen MR) is 81.2 cm³/mol. The van der Waals surface area contributed by atoms with E-state index in [1.54, 1.807) is 7.11 Å². The molecule has 0 aromatic heterocycles. The number of hydrogen-bond acceptors (Lipinski definition) is 4. The van der Waals surface area contributed by atoms with Crippen molar-refractivity contribution < 1.29 is 4.65 Å². The lowest BCUT2D eigenvalue weighted by Gasteiger charge is -2.17. The van der Waals surface area contributed by atoms with E-state index >= 15 is 0 Å². The van der Waals surface area contributed by atoms with Crippen LogP contribution < -0.4 is 5.23 Å². The summed E-state index contributed by atoms with van der Waals surface area (Å²) >= 11 is 3.80. The molecule has 0 heterocycles. The standard InChI is InChI=1S/C12H20BNOS2/c1-15-13-14-11(8-9-16-2)10-17-12-6-4-3-5-7-12/h3-7,11,13-14H,8-10H2,1-2H3. The Balaban J connectivity index is 2.31. The maximum absolute atomic E-state index is 5.08. The van der Waals surface area contributed by atoms with Crippen molar-refractivity contribution in [1.82, 2.24) is 5.23 Å². The van der Waals surface area contributed by atoms with E-state index in [9.17, 15) is 0 Å². The van der Waals surface area contributed by atoms with Crippen molar-refractivity contribution in [2.45, 2.75) is 17.4 Å². The zero-order chi connectivity index (χ0) is 12.3. The molecule has 2 nitrogen and oxygen atoms in total. The van der Waals surface area contributed by atoms with Crippen molar-refractivity contribution in [3.8, 4) is 0 Å². The molecular formula is C12H20BNOS2. The summed E-state index contributed by atoms with van der Waals surface area (Å²) in [5.41, 5.74) is 0. The Morgan fingerprint density at radius 2 is 2.12 bits per heavy atom. The zero-order valence-electron chi connectivity index (χ0n) is 10.5. The molecular weight excluding hydrogens is 249 g/mol. The molecule has 1 aromatic rings. The van der Waals surface area contributed by atoms with Gasteiger partial charge in [-0.25, -0.2) is 0 Å². The molecule has 0 saturated carbocycles. The number of benzene rings is 1. The largest absolute Gasteiger partial charge is 0.427 e. The highest BCUT2D eigenvalue weighted by atomic mass is 32.2. The Hall–Kier alpha value is -0.0951. The van der Waals surface area contributed by atoms with Crippen molar-refractivity contribution in [3.05, 3.63) is 30.3 Å². The quantitative estimate of drug-likeness (QED) is 0.548. The van der Waals surface area contributed by atoms with E-state index in [0.717, 1.165) is 5.75 Å². The van der Waals surface area contributed by atoms with Crippen LogP contribution in [0.1, 0.15) is 6.42 Å². The summed E-state index contributed by atoms with van der Waals surface area (Å²) in [5.74, 6) is 2.28. The van der Waals surface area contributed by atoms with Crippen LogP contribution in [0.15, 0.2) is 35.2 Å². The zero-order valence-corrected chi connectivity index (χ0v) is 12.2. The molecule has 0 aliphatic carbocycles. The SMILES string of the molecule is COBNC(CCSC)CSc1ccccc1. The van der Waals surface area contributed by atoms with Crippen LogP contribution in [0, 0.1) is 0 Å². The summed E-state index contributed by atoms with van der Waals surface area (Å²) in [6.45, 7) is 0. The molecule has 5 heteroatoms. The van der Waals surface area contributed by atoms with Gasteiger partial charge in [-0.2, -0.15) is 11.8 Å². The normalized spacial score (nSPS) is 12.4. The van der Waals surface area contributed by atoms with Gasteiger partial charge in [0.05, 0.1) is 0 Å². The van der Waals surface area contributed by atoms with E-state index in [2.05, 4.69) is 41.8 Å². The summed E-state index contributed by atoms with van der Waals surface area (Å²) in [4.78, 5) is 1.33. The minimum atomic E-state index is 0.521. The average molecular weight is 269 g/mol. The van der Waals surface area contributed by atoms with Crippen molar-refractivity contribution in [3.63, 3.8) is 0 Å². The highest BCUT2D eigenvalue weighted by Crippen LogP contribution is 2.19. The van der Waals surface area contributed by atoms with Crippen LogP contribution in [0.5, 0.6) is 0 Å². The second-order valence-electron chi connectivity index (χ2n) is 3.74. The predicted octanol–water partition coefficient (Wildman–Crippen LogP) is 2.40. The van der Waals surface area contributed by atoms with E-state index in [4.69, 9.17) is 4.65 Å². The third-order valence-electron chi connectivity index (χ3n) is 2.38. The van der Waals surface area contributed by atoms with Gasteiger partial charge < -0.3 is 9.88 Å². The van der Waals surface area contributed by atoms with Gasteiger partial charge in [-0.3, -0.25) is 0 Å². The van der Waals surface area contributed by atoms with Gasteiger partial charge in [0, 0.05) is 23.8 Å². The van der Waals surface area contributed by atoms with E-state index in [-0.39, 0.29) is 0 Å². The van der Waals surface area contributed by atoms with Gasteiger partial charge >= 0.3 is 7.62 Å². The first-order valence-corrected chi connectivity index (χ1v) is 8.14. The first kappa shape index (κ1) is 15.0. The first-order valence-electron chi connectivity index (χ1n) is 5.76. The van der Waals surface area contributed by atoms with Gasteiger partial charge in [-0.1, -0.05) is 18.2 Å². The second-order valence-corrected chi connectivity index (χ2v) is 5.82. The van der Waals surface area contributed by atoms with Crippen molar-refractivity contribution in [2.75, 3.05) is 24.9 Å². The van der Waals surface area contributed by atoms with Crippen LogP contribution in [0.4, 0.5) is 0 Å². The van der Waals surface area contributed by atoms with E-state index in [1.165, 1.54) is 17.1 Å². The van der Waals surface area contributed by atoms with Crippen molar-refractivity contribution >= 4 is 31.1 Å². The Labute approximate surface area is 114 Å². The van der Waals surface area contributed by atoms with Gasteiger partial charge in [-0.05, 0) is 30.6 Å². The fourth-order valence-corrected chi connectivity index (χ4v) is 2.97. The van der Waals surface area contributed by atoms with Crippen LogP contribution in [0.25, 0.3) is 0 Å². The van der Waals surface area contributed by atoms with E-state index in [0.29, 0.717) is 13.7 Å². The van der Waals surface area contributed by atoms with Crippen LogP contribution in [0.3, 0.4) is 0 Å². The maximum atomic E-state index is 5.08. The molecule has 17 heavy (non-hydrogen) atoms. The van der Waals surface area contributed by atoms with Crippen LogP contribution in [0.2, 0.25) is 0 Å². The highest BCUT2D eigenvalue weighted by Gasteiger charge is 2.08. The van der Waals surface area contributed by atoms with Crippen LogP contribution in [-0.2, 0) is 4.65 Å². The molecule has 1 aromatic carbocycles. The molecule has 0 bridgehead atoms. The average Bonchev–Trinajstić information content (AvgIpc) is 2.39. The Kier molecular flexibility index (Phi) is 8.70. The number of hydrogen-bond donors (Lipinski definition) is 1. The number of rotatable bonds is 9. The fourth-order valence-electron chi connectivity index (χ4n) is 1.42. The third kappa shape index (κ3) is 7.04. The molecule has 0 spiro atoms. The van der Waals surface area contributed by atoms with Gasteiger partial charge in [0.2, 0.25) is 0 Å².